The zero-order chi connectivity index (χ0) is 13.0. The summed E-state index contributed by atoms with van der Waals surface area (Å²) in [5.41, 5.74) is 1.23. The molecule has 0 amide bonds. The van der Waals surface area contributed by atoms with Crippen LogP contribution < -0.4 is 14.8 Å². The predicted molar refractivity (Wildman–Crippen MR) is 73.3 cm³/mol. The minimum atomic E-state index is 0.330. The van der Waals surface area contributed by atoms with Crippen molar-refractivity contribution in [1.82, 2.24) is 5.32 Å². The van der Waals surface area contributed by atoms with Crippen molar-refractivity contribution >= 4 is 0 Å². The van der Waals surface area contributed by atoms with Gasteiger partial charge in [-0.25, -0.2) is 0 Å². The maximum Gasteiger partial charge on any atom is 0.166 e. The second-order valence-corrected chi connectivity index (χ2v) is 4.79. The summed E-state index contributed by atoms with van der Waals surface area (Å²) in [5, 5.41) is 3.56. The van der Waals surface area contributed by atoms with E-state index in [1.807, 2.05) is 6.07 Å². The van der Waals surface area contributed by atoms with E-state index in [1.54, 1.807) is 0 Å². The fraction of sp³-hybridized carbons (Fsp3) is 0.600. The molecule has 1 heterocycles. The Bertz CT molecular complexity index is 392. The lowest BCUT2D eigenvalue weighted by molar-refractivity contribution is 0.167. The van der Waals surface area contributed by atoms with Gasteiger partial charge in [0.2, 0.25) is 0 Å². The van der Waals surface area contributed by atoms with Gasteiger partial charge in [-0.1, -0.05) is 39.3 Å². The molecule has 3 heteroatoms. The van der Waals surface area contributed by atoms with Crippen molar-refractivity contribution in [2.45, 2.75) is 33.2 Å². The summed E-state index contributed by atoms with van der Waals surface area (Å²) in [6, 6.07) is 6.51. The lowest BCUT2D eigenvalue weighted by atomic mass is 9.91. The minimum absolute atomic E-state index is 0.330. The van der Waals surface area contributed by atoms with E-state index < -0.39 is 0 Å². The van der Waals surface area contributed by atoms with Gasteiger partial charge in [-0.2, -0.15) is 0 Å². The molecule has 0 aromatic heterocycles. The number of hydrogen-bond donors (Lipinski definition) is 1. The van der Waals surface area contributed by atoms with Gasteiger partial charge in [0.15, 0.2) is 11.5 Å². The molecule has 2 rings (SSSR count). The van der Waals surface area contributed by atoms with Crippen LogP contribution in [0.1, 0.15) is 38.8 Å². The lowest BCUT2D eigenvalue weighted by Gasteiger charge is -2.29. The van der Waals surface area contributed by atoms with E-state index in [1.165, 1.54) is 5.56 Å². The third-order valence-corrected chi connectivity index (χ3v) is 3.57. The van der Waals surface area contributed by atoms with E-state index in [2.05, 4.69) is 38.2 Å². The van der Waals surface area contributed by atoms with E-state index in [-0.39, 0.29) is 0 Å². The molecule has 1 N–H and O–H groups in total. The molecule has 2 atom stereocenters. The van der Waals surface area contributed by atoms with E-state index in [9.17, 15) is 0 Å². The van der Waals surface area contributed by atoms with Crippen LogP contribution in [0.25, 0.3) is 0 Å². The first-order chi connectivity index (χ1) is 8.77. The third-order valence-electron chi connectivity index (χ3n) is 3.57. The summed E-state index contributed by atoms with van der Waals surface area (Å²) < 4.78 is 11.5. The third kappa shape index (κ3) is 2.61. The first-order valence-electron chi connectivity index (χ1n) is 6.89. The Morgan fingerprint density at radius 1 is 1.22 bits per heavy atom. The molecule has 1 aromatic rings. The molecular formula is C15H23NO2. The number of rotatable bonds is 5. The Kier molecular flexibility index (Phi) is 4.48. The van der Waals surface area contributed by atoms with Gasteiger partial charge in [0, 0.05) is 11.6 Å². The lowest BCUT2D eigenvalue weighted by Crippen LogP contribution is -2.28. The van der Waals surface area contributed by atoms with Crippen molar-refractivity contribution in [3.63, 3.8) is 0 Å². The molecule has 3 nitrogen and oxygen atoms in total. The van der Waals surface area contributed by atoms with E-state index in [4.69, 9.17) is 9.47 Å². The molecule has 0 radical (unpaired) electrons. The van der Waals surface area contributed by atoms with Gasteiger partial charge in [0.05, 0.1) is 0 Å². The highest BCUT2D eigenvalue weighted by Gasteiger charge is 2.24. The molecular weight excluding hydrogens is 226 g/mol. The van der Waals surface area contributed by atoms with Crippen molar-refractivity contribution in [1.29, 1.82) is 0 Å². The van der Waals surface area contributed by atoms with Gasteiger partial charge in [-0.3, -0.25) is 0 Å². The van der Waals surface area contributed by atoms with E-state index >= 15 is 0 Å². The summed E-state index contributed by atoms with van der Waals surface area (Å²) in [6.07, 6.45) is 1.14. The molecule has 0 fully saturated rings. The fourth-order valence-corrected chi connectivity index (χ4v) is 2.41. The second kappa shape index (κ2) is 6.10. The highest BCUT2D eigenvalue weighted by atomic mass is 16.6. The van der Waals surface area contributed by atoms with Crippen molar-refractivity contribution < 1.29 is 9.47 Å². The standard InChI is InChI=1S/C15H23NO2/c1-4-11(3)14(16-5-2)12-7-6-8-13-15(12)18-10-9-17-13/h6-8,11,14,16H,4-5,9-10H2,1-3H3. The van der Waals surface area contributed by atoms with E-state index in [0.717, 1.165) is 24.5 Å². The Morgan fingerprint density at radius 3 is 2.72 bits per heavy atom. The average Bonchev–Trinajstić information content (AvgIpc) is 2.43. The van der Waals surface area contributed by atoms with Gasteiger partial charge >= 0.3 is 0 Å². The molecule has 1 aromatic carbocycles. The Hall–Kier alpha value is -1.22. The molecule has 0 bridgehead atoms. The molecule has 0 saturated carbocycles. The van der Waals surface area contributed by atoms with Gasteiger partial charge in [0.1, 0.15) is 13.2 Å². The summed E-state index contributed by atoms with van der Waals surface area (Å²) in [5.74, 6) is 2.38. The molecule has 1 aliphatic heterocycles. The minimum Gasteiger partial charge on any atom is -0.486 e. The van der Waals surface area contributed by atoms with Crippen LogP contribution in [0, 0.1) is 5.92 Å². The van der Waals surface area contributed by atoms with Crippen LogP contribution in [0.4, 0.5) is 0 Å². The second-order valence-electron chi connectivity index (χ2n) is 4.79. The maximum absolute atomic E-state index is 5.81. The highest BCUT2D eigenvalue weighted by Crippen LogP contribution is 2.39. The smallest absolute Gasteiger partial charge is 0.166 e. The number of benzene rings is 1. The Labute approximate surface area is 109 Å². The van der Waals surface area contributed by atoms with Crippen LogP contribution in [-0.4, -0.2) is 19.8 Å². The van der Waals surface area contributed by atoms with Gasteiger partial charge in [0.25, 0.3) is 0 Å². The monoisotopic (exact) mass is 249 g/mol. The van der Waals surface area contributed by atoms with Crippen LogP contribution in [0.5, 0.6) is 11.5 Å². The van der Waals surface area contributed by atoms with Crippen LogP contribution in [0.15, 0.2) is 18.2 Å². The zero-order valence-electron chi connectivity index (χ0n) is 11.5. The molecule has 0 aliphatic carbocycles. The van der Waals surface area contributed by atoms with Gasteiger partial charge < -0.3 is 14.8 Å². The van der Waals surface area contributed by atoms with Gasteiger partial charge in [-0.05, 0) is 18.5 Å². The van der Waals surface area contributed by atoms with Crippen molar-refractivity contribution in [3.8, 4) is 11.5 Å². The van der Waals surface area contributed by atoms with Crippen molar-refractivity contribution in [3.05, 3.63) is 23.8 Å². The summed E-state index contributed by atoms with van der Waals surface area (Å²) in [6.45, 7) is 8.88. The first kappa shape index (κ1) is 13.2. The zero-order valence-corrected chi connectivity index (χ0v) is 11.5. The average molecular weight is 249 g/mol. The van der Waals surface area contributed by atoms with Crippen molar-refractivity contribution in [2.75, 3.05) is 19.8 Å². The summed E-state index contributed by atoms with van der Waals surface area (Å²) >= 11 is 0. The Balaban J connectivity index is 2.34. The topological polar surface area (TPSA) is 30.5 Å². The quantitative estimate of drug-likeness (QED) is 0.869. The fourth-order valence-electron chi connectivity index (χ4n) is 2.41. The molecule has 18 heavy (non-hydrogen) atoms. The van der Waals surface area contributed by atoms with Gasteiger partial charge in [-0.15, -0.1) is 0 Å². The largest absolute Gasteiger partial charge is 0.486 e. The summed E-state index contributed by atoms with van der Waals surface area (Å²) in [7, 11) is 0. The highest BCUT2D eigenvalue weighted by molar-refractivity contribution is 5.49. The molecule has 2 unspecified atom stereocenters. The summed E-state index contributed by atoms with van der Waals surface area (Å²) in [4.78, 5) is 0. The van der Waals surface area contributed by atoms with E-state index in [0.29, 0.717) is 25.2 Å². The molecule has 1 aliphatic rings. The first-order valence-corrected chi connectivity index (χ1v) is 6.89. The molecule has 100 valence electrons. The number of fused-ring (bicyclic) bond motifs is 1. The maximum atomic E-state index is 5.81. The number of nitrogens with one attached hydrogen (secondary N) is 1. The number of ether oxygens (including phenoxy) is 2. The molecule has 0 spiro atoms. The number of para-hydroxylation sites is 1. The van der Waals surface area contributed by atoms with Crippen LogP contribution in [0.2, 0.25) is 0 Å². The SMILES string of the molecule is CCNC(c1cccc2c1OCCO2)C(C)CC. The number of hydrogen-bond acceptors (Lipinski definition) is 3. The van der Waals surface area contributed by atoms with Crippen LogP contribution in [0.3, 0.4) is 0 Å². The normalized spacial score (nSPS) is 17.3. The van der Waals surface area contributed by atoms with Crippen molar-refractivity contribution in [2.24, 2.45) is 5.92 Å². The van der Waals surface area contributed by atoms with Crippen LogP contribution >= 0.6 is 0 Å². The molecule has 0 saturated heterocycles. The predicted octanol–water partition coefficient (Wildman–Crippen LogP) is 3.15. The van der Waals surface area contributed by atoms with Crippen LogP contribution in [-0.2, 0) is 0 Å². The Morgan fingerprint density at radius 2 is 2.00 bits per heavy atom.